The second-order valence-electron chi connectivity index (χ2n) is 4.43. The molecule has 0 aromatic carbocycles. The normalized spacial score (nSPS) is 11.8. The maximum absolute atomic E-state index is 12.2. The van der Waals surface area contributed by atoms with Crippen LogP contribution < -0.4 is 10.5 Å². The van der Waals surface area contributed by atoms with Gasteiger partial charge in [-0.25, -0.2) is 13.1 Å². The molecule has 2 aromatic rings. The number of H-pyrrole nitrogens is 1. The molecule has 2 rings (SSSR count). The van der Waals surface area contributed by atoms with Crippen molar-refractivity contribution in [2.45, 2.75) is 32.0 Å². The van der Waals surface area contributed by atoms with Gasteiger partial charge in [0.1, 0.15) is 0 Å². The molecule has 0 spiro atoms. The largest absolute Gasteiger partial charge is 0.326 e. The first-order chi connectivity index (χ1) is 9.45. The van der Waals surface area contributed by atoms with Crippen LogP contribution in [0.3, 0.4) is 0 Å². The number of pyridine rings is 1. The molecule has 0 bridgehead atoms. The molecule has 0 atom stereocenters. The Morgan fingerprint density at radius 3 is 2.80 bits per heavy atom. The van der Waals surface area contributed by atoms with Crippen LogP contribution in [0.2, 0.25) is 0 Å². The number of nitrogens with two attached hydrogens (primary N) is 1. The summed E-state index contributed by atoms with van der Waals surface area (Å²) in [5, 5.41) is 6.41. The lowest BCUT2D eigenvalue weighted by Gasteiger charge is -2.07. The van der Waals surface area contributed by atoms with E-state index in [-0.39, 0.29) is 18.1 Å². The molecule has 8 heteroatoms. The van der Waals surface area contributed by atoms with Gasteiger partial charge in [-0.3, -0.25) is 10.1 Å². The average molecular weight is 295 g/mol. The van der Waals surface area contributed by atoms with E-state index in [0.717, 1.165) is 5.56 Å². The van der Waals surface area contributed by atoms with Crippen LogP contribution in [0.25, 0.3) is 0 Å². The number of hydrogen-bond acceptors (Lipinski definition) is 5. The fourth-order valence-corrected chi connectivity index (χ4v) is 3.02. The Labute approximate surface area is 117 Å². The molecule has 2 heterocycles. The molecule has 4 N–H and O–H groups in total. The van der Waals surface area contributed by atoms with Gasteiger partial charge < -0.3 is 5.73 Å². The highest BCUT2D eigenvalue weighted by Crippen LogP contribution is 2.15. The summed E-state index contributed by atoms with van der Waals surface area (Å²) < 4.78 is 27.0. The molecular weight excluding hydrogens is 278 g/mol. The fraction of sp³-hybridized carbons (Fsp3) is 0.333. The van der Waals surface area contributed by atoms with E-state index in [0.29, 0.717) is 17.0 Å². The Morgan fingerprint density at radius 2 is 2.15 bits per heavy atom. The van der Waals surface area contributed by atoms with Crippen molar-refractivity contribution < 1.29 is 8.42 Å². The topological polar surface area (TPSA) is 114 Å². The van der Waals surface area contributed by atoms with Gasteiger partial charge in [0.15, 0.2) is 5.03 Å². The maximum atomic E-state index is 12.2. The average Bonchev–Trinajstić information content (AvgIpc) is 2.79. The highest BCUT2D eigenvalue weighted by Gasteiger charge is 2.23. The number of aromatic amines is 1. The van der Waals surface area contributed by atoms with Crippen LogP contribution in [-0.2, 0) is 23.1 Å². The van der Waals surface area contributed by atoms with Gasteiger partial charge in [0.2, 0.25) is 0 Å². The fourth-order valence-electron chi connectivity index (χ4n) is 1.83. The van der Waals surface area contributed by atoms with E-state index in [1.165, 1.54) is 0 Å². The summed E-state index contributed by atoms with van der Waals surface area (Å²) in [6.07, 6.45) is 1.63. The van der Waals surface area contributed by atoms with Crippen molar-refractivity contribution in [3.05, 3.63) is 40.8 Å². The highest BCUT2D eigenvalue weighted by molar-refractivity contribution is 7.89. The van der Waals surface area contributed by atoms with E-state index in [1.807, 2.05) is 13.0 Å². The summed E-state index contributed by atoms with van der Waals surface area (Å²) in [7, 11) is -3.71. The third-order valence-corrected chi connectivity index (χ3v) is 4.41. The molecule has 0 aliphatic heterocycles. The zero-order valence-electron chi connectivity index (χ0n) is 11.3. The highest BCUT2D eigenvalue weighted by atomic mass is 32.2. The molecule has 0 aliphatic carbocycles. The Bertz CT molecular complexity index is 708. The monoisotopic (exact) mass is 295 g/mol. The number of rotatable bonds is 5. The van der Waals surface area contributed by atoms with Crippen molar-refractivity contribution >= 4 is 10.0 Å². The van der Waals surface area contributed by atoms with Crippen LogP contribution in [0.4, 0.5) is 0 Å². The third-order valence-electron chi connectivity index (χ3n) is 3.04. The molecule has 0 amide bonds. The van der Waals surface area contributed by atoms with E-state index in [1.54, 1.807) is 19.2 Å². The Kier molecular flexibility index (Phi) is 4.17. The SMILES string of the molecule is Cc1cccnc1CNS(=O)(=O)c1n[nH]c(C)c1CN. The summed E-state index contributed by atoms with van der Waals surface area (Å²) in [5.41, 5.74) is 8.31. The summed E-state index contributed by atoms with van der Waals surface area (Å²) in [6, 6.07) is 3.68. The lowest BCUT2D eigenvalue weighted by molar-refractivity contribution is 0.574. The molecule has 2 aromatic heterocycles. The van der Waals surface area contributed by atoms with Gasteiger partial charge in [-0.15, -0.1) is 0 Å². The van der Waals surface area contributed by atoms with Crippen molar-refractivity contribution in [1.82, 2.24) is 19.9 Å². The molecule has 0 fully saturated rings. The minimum atomic E-state index is -3.71. The van der Waals surface area contributed by atoms with Crippen LogP contribution in [0.1, 0.15) is 22.5 Å². The number of hydrogen-bond donors (Lipinski definition) is 3. The van der Waals surface area contributed by atoms with Gasteiger partial charge in [-0.2, -0.15) is 5.10 Å². The second-order valence-corrected chi connectivity index (χ2v) is 6.11. The molecule has 108 valence electrons. The predicted molar refractivity (Wildman–Crippen MR) is 74.2 cm³/mol. The Morgan fingerprint density at radius 1 is 1.40 bits per heavy atom. The zero-order chi connectivity index (χ0) is 14.8. The minimum Gasteiger partial charge on any atom is -0.326 e. The van der Waals surface area contributed by atoms with Gasteiger partial charge in [0.05, 0.1) is 12.2 Å². The van der Waals surface area contributed by atoms with Crippen LogP contribution in [0.5, 0.6) is 0 Å². The smallest absolute Gasteiger partial charge is 0.260 e. The maximum Gasteiger partial charge on any atom is 0.260 e. The van der Waals surface area contributed by atoms with Crippen molar-refractivity contribution in [1.29, 1.82) is 0 Å². The molecule has 0 saturated carbocycles. The van der Waals surface area contributed by atoms with E-state index in [4.69, 9.17) is 5.73 Å². The summed E-state index contributed by atoms with van der Waals surface area (Å²) >= 11 is 0. The third kappa shape index (κ3) is 2.87. The zero-order valence-corrected chi connectivity index (χ0v) is 12.2. The quantitative estimate of drug-likeness (QED) is 0.737. The first-order valence-electron chi connectivity index (χ1n) is 6.09. The standard InChI is InChI=1S/C12H17N5O2S/c1-8-4-3-5-14-11(8)7-15-20(18,19)12-10(6-13)9(2)16-17-12/h3-5,15H,6-7,13H2,1-2H3,(H,16,17). The molecule has 0 radical (unpaired) electrons. The van der Waals surface area contributed by atoms with Crippen molar-refractivity contribution in [2.24, 2.45) is 5.73 Å². The van der Waals surface area contributed by atoms with E-state index in [9.17, 15) is 8.42 Å². The van der Waals surface area contributed by atoms with Crippen molar-refractivity contribution in [3.8, 4) is 0 Å². The minimum absolute atomic E-state index is 0.0499. The number of nitrogens with zero attached hydrogens (tertiary/aromatic N) is 2. The molecule has 0 saturated heterocycles. The Balaban J connectivity index is 2.22. The van der Waals surface area contributed by atoms with Gasteiger partial charge in [-0.05, 0) is 25.5 Å². The van der Waals surface area contributed by atoms with E-state index < -0.39 is 10.0 Å². The second kappa shape index (κ2) is 5.70. The molecular formula is C12H17N5O2S. The number of aryl methyl sites for hydroxylation is 2. The molecule has 0 unspecified atom stereocenters. The van der Waals surface area contributed by atoms with Gasteiger partial charge in [0, 0.05) is 24.0 Å². The summed E-state index contributed by atoms with van der Waals surface area (Å²) in [6.45, 7) is 3.84. The molecule has 20 heavy (non-hydrogen) atoms. The lowest BCUT2D eigenvalue weighted by atomic mass is 10.2. The van der Waals surface area contributed by atoms with E-state index in [2.05, 4.69) is 19.9 Å². The van der Waals surface area contributed by atoms with Crippen LogP contribution >= 0.6 is 0 Å². The van der Waals surface area contributed by atoms with Gasteiger partial charge in [-0.1, -0.05) is 6.07 Å². The molecule has 7 nitrogen and oxygen atoms in total. The first-order valence-corrected chi connectivity index (χ1v) is 7.58. The number of sulfonamides is 1. The van der Waals surface area contributed by atoms with E-state index >= 15 is 0 Å². The number of nitrogens with one attached hydrogen (secondary N) is 2. The van der Waals surface area contributed by atoms with Crippen molar-refractivity contribution in [3.63, 3.8) is 0 Å². The van der Waals surface area contributed by atoms with Gasteiger partial charge in [0.25, 0.3) is 10.0 Å². The predicted octanol–water partition coefficient (Wildman–Crippen LogP) is 0.359. The first kappa shape index (κ1) is 14.6. The van der Waals surface area contributed by atoms with Crippen LogP contribution in [-0.4, -0.2) is 23.6 Å². The lowest BCUT2D eigenvalue weighted by Crippen LogP contribution is -2.26. The Hall–Kier alpha value is -1.77. The van der Waals surface area contributed by atoms with Crippen molar-refractivity contribution in [2.75, 3.05) is 0 Å². The summed E-state index contributed by atoms with van der Waals surface area (Å²) in [4.78, 5) is 4.14. The molecule has 0 aliphatic rings. The van der Waals surface area contributed by atoms with Crippen LogP contribution in [0, 0.1) is 13.8 Å². The van der Waals surface area contributed by atoms with Gasteiger partial charge >= 0.3 is 0 Å². The number of aromatic nitrogens is 3. The van der Waals surface area contributed by atoms with Crippen LogP contribution in [0.15, 0.2) is 23.4 Å². The summed E-state index contributed by atoms with van der Waals surface area (Å²) in [5.74, 6) is 0.